The van der Waals surface area contributed by atoms with E-state index < -0.39 is 0 Å². The predicted molar refractivity (Wildman–Crippen MR) is 122 cm³/mol. The highest BCUT2D eigenvalue weighted by Gasteiger charge is 2.17. The van der Waals surface area contributed by atoms with Gasteiger partial charge in [0.05, 0.1) is 27.0 Å². The second-order valence-electron chi connectivity index (χ2n) is 6.32. The summed E-state index contributed by atoms with van der Waals surface area (Å²) in [6.45, 7) is 1.97. The highest BCUT2D eigenvalue weighted by atomic mass is 35.5. The number of anilines is 4. The van der Waals surface area contributed by atoms with Crippen molar-refractivity contribution >= 4 is 57.0 Å². The van der Waals surface area contributed by atoms with Gasteiger partial charge in [-0.2, -0.15) is 0 Å². The van der Waals surface area contributed by atoms with E-state index in [4.69, 9.17) is 28.2 Å². The quantitative estimate of drug-likeness (QED) is 0.372. The van der Waals surface area contributed by atoms with Crippen LogP contribution in [0, 0.1) is 6.92 Å². The zero-order valence-corrected chi connectivity index (χ0v) is 18.1. The number of hydrogen-bond donors (Lipinski definition) is 1. The molecule has 0 atom stereocenters. The van der Waals surface area contributed by atoms with Crippen LogP contribution in [0.3, 0.4) is 0 Å². The number of benzene rings is 2. The lowest BCUT2D eigenvalue weighted by Crippen LogP contribution is -2.09. The Kier molecular flexibility index (Phi) is 5.67. The maximum Gasteiger partial charge on any atom is 0.227 e. The van der Waals surface area contributed by atoms with Crippen molar-refractivity contribution < 1.29 is 0 Å². The van der Waals surface area contributed by atoms with E-state index in [0.29, 0.717) is 16.0 Å². The Morgan fingerprint density at radius 2 is 1.83 bits per heavy atom. The Morgan fingerprint density at radius 1 is 1.00 bits per heavy atom. The molecule has 8 heteroatoms. The van der Waals surface area contributed by atoms with Gasteiger partial charge in [-0.3, -0.25) is 0 Å². The van der Waals surface area contributed by atoms with E-state index in [1.807, 2.05) is 73.5 Å². The SMILES string of the molecule is Cc1nc(N(C)c2ccccc2Cl)sc1-c1ccnc(Nc2cccc(Cl)c2)n1. The number of aryl methyl sites for hydroxylation is 1. The summed E-state index contributed by atoms with van der Waals surface area (Å²) in [7, 11) is 1.95. The molecule has 2 aromatic carbocycles. The molecular formula is C21H17Cl2N5S. The van der Waals surface area contributed by atoms with E-state index in [0.717, 1.165) is 32.8 Å². The number of halogens is 2. The second kappa shape index (κ2) is 8.37. The smallest absolute Gasteiger partial charge is 0.227 e. The first kappa shape index (κ1) is 19.6. The summed E-state index contributed by atoms with van der Waals surface area (Å²) in [5.41, 5.74) is 3.44. The maximum absolute atomic E-state index is 6.34. The Hall–Kier alpha value is -2.67. The van der Waals surface area contributed by atoms with Crippen molar-refractivity contribution in [1.29, 1.82) is 0 Å². The van der Waals surface area contributed by atoms with Gasteiger partial charge in [0, 0.05) is 24.0 Å². The summed E-state index contributed by atoms with van der Waals surface area (Å²) >= 11 is 13.9. The van der Waals surface area contributed by atoms with Crippen LogP contribution in [0.4, 0.5) is 22.5 Å². The van der Waals surface area contributed by atoms with Crippen LogP contribution in [-0.2, 0) is 0 Å². The van der Waals surface area contributed by atoms with Gasteiger partial charge in [0.15, 0.2) is 5.13 Å². The van der Waals surface area contributed by atoms with Gasteiger partial charge in [-0.25, -0.2) is 15.0 Å². The lowest BCUT2D eigenvalue weighted by atomic mass is 10.3. The Balaban J connectivity index is 1.63. The van der Waals surface area contributed by atoms with Crippen LogP contribution in [0.15, 0.2) is 60.8 Å². The normalized spacial score (nSPS) is 10.8. The van der Waals surface area contributed by atoms with Crippen molar-refractivity contribution in [1.82, 2.24) is 15.0 Å². The third-order valence-electron chi connectivity index (χ3n) is 4.26. The molecule has 146 valence electrons. The summed E-state index contributed by atoms with van der Waals surface area (Å²) in [5.74, 6) is 0.499. The lowest BCUT2D eigenvalue weighted by Gasteiger charge is -2.17. The fraction of sp³-hybridized carbons (Fsp3) is 0.0952. The van der Waals surface area contributed by atoms with Crippen molar-refractivity contribution in [2.24, 2.45) is 0 Å². The summed E-state index contributed by atoms with van der Waals surface area (Å²) in [4.78, 5) is 16.6. The van der Waals surface area contributed by atoms with Gasteiger partial charge in [0.25, 0.3) is 0 Å². The van der Waals surface area contributed by atoms with Crippen LogP contribution in [0.2, 0.25) is 10.0 Å². The summed E-state index contributed by atoms with van der Waals surface area (Å²) in [6.07, 6.45) is 1.73. The Bertz CT molecular complexity index is 1160. The molecule has 29 heavy (non-hydrogen) atoms. The van der Waals surface area contributed by atoms with Gasteiger partial charge in [-0.05, 0) is 43.3 Å². The third-order valence-corrected chi connectivity index (χ3v) is 6.07. The molecule has 2 aromatic heterocycles. The molecule has 1 N–H and O–H groups in total. The number of nitrogens with zero attached hydrogens (tertiary/aromatic N) is 4. The molecule has 0 saturated carbocycles. The third kappa shape index (κ3) is 4.34. The van der Waals surface area contributed by atoms with E-state index >= 15 is 0 Å². The lowest BCUT2D eigenvalue weighted by molar-refractivity contribution is 1.13. The number of rotatable bonds is 5. The Morgan fingerprint density at radius 3 is 2.62 bits per heavy atom. The first-order valence-electron chi connectivity index (χ1n) is 8.83. The zero-order valence-electron chi connectivity index (χ0n) is 15.7. The highest BCUT2D eigenvalue weighted by molar-refractivity contribution is 7.19. The highest BCUT2D eigenvalue weighted by Crippen LogP contribution is 2.38. The monoisotopic (exact) mass is 441 g/mol. The average Bonchev–Trinajstić information content (AvgIpc) is 3.10. The molecule has 0 aliphatic rings. The van der Waals surface area contributed by atoms with E-state index in [9.17, 15) is 0 Å². The fourth-order valence-corrected chi connectivity index (χ4v) is 4.30. The van der Waals surface area contributed by atoms with Gasteiger partial charge in [-0.15, -0.1) is 0 Å². The van der Waals surface area contributed by atoms with Gasteiger partial charge >= 0.3 is 0 Å². The van der Waals surface area contributed by atoms with Crippen molar-refractivity contribution in [3.8, 4) is 10.6 Å². The van der Waals surface area contributed by atoms with Gasteiger partial charge in [0.1, 0.15) is 0 Å². The largest absolute Gasteiger partial charge is 0.324 e. The predicted octanol–water partition coefficient (Wildman–Crippen LogP) is 6.73. The minimum Gasteiger partial charge on any atom is -0.324 e. The average molecular weight is 442 g/mol. The van der Waals surface area contributed by atoms with Crippen LogP contribution in [-0.4, -0.2) is 22.0 Å². The molecule has 0 spiro atoms. The molecule has 5 nitrogen and oxygen atoms in total. The molecule has 0 amide bonds. The number of para-hydroxylation sites is 1. The van der Waals surface area contributed by atoms with Crippen LogP contribution >= 0.6 is 34.5 Å². The van der Waals surface area contributed by atoms with Crippen LogP contribution < -0.4 is 10.2 Å². The molecule has 0 bridgehead atoms. The molecule has 0 aliphatic heterocycles. The van der Waals surface area contributed by atoms with E-state index in [1.54, 1.807) is 17.5 Å². The molecule has 0 saturated heterocycles. The zero-order chi connectivity index (χ0) is 20.4. The first-order valence-corrected chi connectivity index (χ1v) is 10.4. The van der Waals surface area contributed by atoms with Crippen molar-refractivity contribution in [2.75, 3.05) is 17.3 Å². The Labute approximate surface area is 183 Å². The second-order valence-corrected chi connectivity index (χ2v) is 8.14. The molecule has 0 unspecified atom stereocenters. The van der Waals surface area contributed by atoms with Gasteiger partial charge in [-0.1, -0.05) is 52.7 Å². The van der Waals surface area contributed by atoms with E-state index in [1.165, 1.54) is 0 Å². The van der Waals surface area contributed by atoms with Crippen LogP contribution in [0.5, 0.6) is 0 Å². The van der Waals surface area contributed by atoms with Crippen molar-refractivity contribution in [3.63, 3.8) is 0 Å². The molecule has 4 aromatic rings. The topological polar surface area (TPSA) is 53.9 Å². The molecule has 2 heterocycles. The fourth-order valence-electron chi connectivity index (χ4n) is 2.83. The molecule has 0 aliphatic carbocycles. The number of thiazole rings is 1. The number of aromatic nitrogens is 3. The van der Waals surface area contributed by atoms with Gasteiger partial charge in [0.2, 0.25) is 5.95 Å². The summed E-state index contributed by atoms with van der Waals surface area (Å²) in [5, 5.41) is 5.36. The maximum atomic E-state index is 6.34. The van der Waals surface area contributed by atoms with Crippen molar-refractivity contribution in [2.45, 2.75) is 6.92 Å². The molecule has 0 radical (unpaired) electrons. The number of hydrogen-bond acceptors (Lipinski definition) is 6. The minimum atomic E-state index is 0.499. The van der Waals surface area contributed by atoms with Gasteiger partial charge < -0.3 is 10.2 Å². The standard InChI is InChI=1S/C21H17Cl2N5S/c1-13-19(29-21(25-13)28(2)18-9-4-3-8-16(18)23)17-10-11-24-20(27-17)26-15-7-5-6-14(22)12-15/h3-12H,1-2H3,(H,24,26,27). The minimum absolute atomic E-state index is 0.499. The molecular weight excluding hydrogens is 425 g/mol. The van der Waals surface area contributed by atoms with E-state index in [-0.39, 0.29) is 0 Å². The van der Waals surface area contributed by atoms with Crippen LogP contribution in [0.1, 0.15) is 5.69 Å². The van der Waals surface area contributed by atoms with Crippen molar-refractivity contribution in [3.05, 3.63) is 76.5 Å². The van der Waals surface area contributed by atoms with E-state index in [2.05, 4.69) is 15.3 Å². The summed E-state index contributed by atoms with van der Waals surface area (Å²) < 4.78 is 0. The number of nitrogens with one attached hydrogen (secondary N) is 1. The molecule has 0 fully saturated rings. The molecule has 4 rings (SSSR count). The summed E-state index contributed by atoms with van der Waals surface area (Å²) in [6, 6.07) is 17.0. The first-order chi connectivity index (χ1) is 14.0. The van der Waals surface area contributed by atoms with Crippen LogP contribution in [0.25, 0.3) is 10.6 Å².